The minimum Gasteiger partial charge on any atom is -0.453 e. The number of carbonyl (C=O) groups excluding carboxylic acids is 4. The number of hydrogen-bond acceptors (Lipinski definition) is 8. The monoisotopic (exact) mass is 842 g/mol. The van der Waals surface area contributed by atoms with Crippen molar-refractivity contribution < 1.29 is 37.4 Å². The van der Waals surface area contributed by atoms with Crippen molar-refractivity contribution in [3.05, 3.63) is 144 Å². The predicted octanol–water partition coefficient (Wildman–Crippen LogP) is 7.93. The number of likely N-dealkylation sites (tertiary alicyclic amines) is 2. The number of rotatable bonds is 11. The fraction of sp³-hybridized carbons (Fsp3) is 0.261. The van der Waals surface area contributed by atoms with Crippen LogP contribution < -0.4 is 10.6 Å². The Morgan fingerprint density at radius 3 is 1.37 bits per heavy atom. The fourth-order valence-electron chi connectivity index (χ4n) is 8.24. The molecule has 2 aromatic heterocycles. The standard InChI is InChI=1S/C46H44F2N8O6/c1-61-45(59)53-39(31-7-3-9-33(47)23-31)43(57)55-21-5-11-37(55)41-49-25-35(51-41)29-17-13-27(14-18-29)28-15-19-30(20-16-28)36-26-50-42(52-36)38-12-6-22-56(38)44(58)40(54-46(60)62-2)32-8-4-10-34(48)24-32/h3-4,7-10,13-20,23-26,37-40H,5-6,11-12,21-22H2,1-2H3,(H,49,51)(H,50,52)(H,53,59)(H,54,60)/t37-,38-,39-,40-/m0/s1. The van der Waals surface area contributed by atoms with E-state index in [2.05, 4.69) is 20.6 Å². The van der Waals surface area contributed by atoms with E-state index in [9.17, 15) is 28.0 Å². The van der Waals surface area contributed by atoms with Crippen molar-refractivity contribution in [1.29, 1.82) is 0 Å². The first-order chi connectivity index (χ1) is 30.1. The number of H-pyrrole nitrogens is 2. The van der Waals surface area contributed by atoms with Gasteiger partial charge < -0.3 is 39.9 Å². The van der Waals surface area contributed by atoms with Crippen LogP contribution in [0.4, 0.5) is 18.4 Å². The minimum absolute atomic E-state index is 0.309. The first-order valence-corrected chi connectivity index (χ1v) is 20.2. The highest BCUT2D eigenvalue weighted by atomic mass is 19.1. The highest BCUT2D eigenvalue weighted by Crippen LogP contribution is 2.36. The van der Waals surface area contributed by atoms with Crippen LogP contribution in [0.25, 0.3) is 33.6 Å². The Balaban J connectivity index is 0.932. The molecule has 0 spiro atoms. The smallest absolute Gasteiger partial charge is 0.407 e. The normalized spacial score (nSPS) is 17.0. The zero-order chi connectivity index (χ0) is 43.3. The van der Waals surface area contributed by atoms with Crippen molar-refractivity contribution in [3.8, 4) is 33.6 Å². The van der Waals surface area contributed by atoms with Gasteiger partial charge in [0.2, 0.25) is 0 Å². The molecule has 2 saturated heterocycles. The molecule has 62 heavy (non-hydrogen) atoms. The molecule has 0 saturated carbocycles. The van der Waals surface area contributed by atoms with Crippen LogP contribution in [-0.2, 0) is 19.1 Å². The van der Waals surface area contributed by atoms with E-state index < -0.39 is 35.9 Å². The maximum atomic E-state index is 14.1. The second-order valence-corrected chi connectivity index (χ2v) is 15.1. The number of aromatic nitrogens is 4. The Morgan fingerprint density at radius 2 is 1.00 bits per heavy atom. The molecule has 4 atom stereocenters. The van der Waals surface area contributed by atoms with Crippen LogP contribution in [0.15, 0.2) is 109 Å². The van der Waals surface area contributed by atoms with E-state index in [1.165, 1.54) is 50.6 Å². The first-order valence-electron chi connectivity index (χ1n) is 20.2. The topological polar surface area (TPSA) is 175 Å². The number of imidazole rings is 2. The number of nitrogens with zero attached hydrogens (tertiary/aromatic N) is 4. The molecule has 14 nitrogen and oxygen atoms in total. The van der Waals surface area contributed by atoms with E-state index in [4.69, 9.17) is 19.4 Å². The minimum atomic E-state index is -1.14. The molecule has 2 aliphatic heterocycles. The average molecular weight is 843 g/mol. The van der Waals surface area contributed by atoms with Gasteiger partial charge >= 0.3 is 12.2 Å². The summed E-state index contributed by atoms with van der Waals surface area (Å²) in [5, 5.41) is 5.13. The molecule has 8 rings (SSSR count). The summed E-state index contributed by atoms with van der Waals surface area (Å²) in [5.41, 5.74) is 5.75. The van der Waals surface area contributed by atoms with E-state index >= 15 is 0 Å². The van der Waals surface area contributed by atoms with Gasteiger partial charge in [0.1, 0.15) is 35.4 Å². The lowest BCUT2D eigenvalue weighted by Gasteiger charge is -2.28. The Labute approximate surface area is 355 Å². The van der Waals surface area contributed by atoms with Crippen molar-refractivity contribution in [1.82, 2.24) is 40.4 Å². The third-order valence-corrected chi connectivity index (χ3v) is 11.3. The lowest BCUT2D eigenvalue weighted by molar-refractivity contribution is -0.135. The summed E-state index contributed by atoms with van der Waals surface area (Å²) in [4.78, 5) is 71.7. The van der Waals surface area contributed by atoms with Gasteiger partial charge in [0.05, 0.1) is 37.7 Å². The Hall–Kier alpha value is -7.36. The molecule has 0 unspecified atom stereocenters. The molecule has 318 valence electrons. The van der Waals surface area contributed by atoms with E-state index in [1.807, 2.05) is 48.5 Å². The second-order valence-electron chi connectivity index (χ2n) is 15.1. The van der Waals surface area contributed by atoms with Gasteiger partial charge in [0.15, 0.2) is 0 Å². The maximum Gasteiger partial charge on any atom is 0.407 e. The number of carbonyl (C=O) groups is 4. The summed E-state index contributed by atoms with van der Waals surface area (Å²) in [6.07, 6.45) is 4.79. The van der Waals surface area contributed by atoms with Gasteiger partial charge in [-0.25, -0.2) is 28.3 Å². The lowest BCUT2D eigenvalue weighted by Crippen LogP contribution is -2.43. The molecule has 0 bridgehead atoms. The van der Waals surface area contributed by atoms with Crippen molar-refractivity contribution in [3.63, 3.8) is 0 Å². The van der Waals surface area contributed by atoms with Gasteiger partial charge in [0, 0.05) is 36.6 Å². The van der Waals surface area contributed by atoms with Gasteiger partial charge in [-0.3, -0.25) is 9.59 Å². The SMILES string of the molecule is COC(=O)N[C@H](C(=O)N1CCC[C@H]1c1nc(-c2ccc(-c3ccc(-c4c[nH]c([C@@H]5CCCN5C(=O)[C@@H](NC(=O)OC)c5cccc(F)c5)n4)cc3)cc2)c[nH]1)c1cccc(F)c1. The lowest BCUT2D eigenvalue weighted by atomic mass is 10.0. The summed E-state index contributed by atoms with van der Waals surface area (Å²) < 4.78 is 37.8. The van der Waals surface area contributed by atoms with Crippen molar-refractivity contribution >= 4 is 24.0 Å². The molecule has 4 heterocycles. The maximum absolute atomic E-state index is 14.1. The average Bonchev–Trinajstić information content (AvgIpc) is 4.14. The van der Waals surface area contributed by atoms with Crippen molar-refractivity contribution in [2.24, 2.45) is 0 Å². The van der Waals surface area contributed by atoms with Crippen LogP contribution in [0, 0.1) is 11.6 Å². The summed E-state index contributed by atoms with van der Waals surface area (Å²) in [6, 6.07) is 24.1. The van der Waals surface area contributed by atoms with Crippen LogP contribution in [0.3, 0.4) is 0 Å². The van der Waals surface area contributed by atoms with E-state index in [1.54, 1.807) is 34.3 Å². The number of methoxy groups -OCH3 is 2. The van der Waals surface area contributed by atoms with E-state index in [-0.39, 0.29) is 23.9 Å². The molecule has 2 fully saturated rings. The number of alkyl carbamates (subject to hydrolysis) is 2. The van der Waals surface area contributed by atoms with Crippen molar-refractivity contribution in [2.75, 3.05) is 27.3 Å². The quantitative estimate of drug-likeness (QED) is 0.102. The van der Waals surface area contributed by atoms with Gasteiger partial charge in [-0.05, 0) is 72.2 Å². The molecule has 0 radical (unpaired) electrons. The largest absolute Gasteiger partial charge is 0.453 e. The zero-order valence-corrected chi connectivity index (χ0v) is 33.9. The number of aromatic amines is 2. The highest BCUT2D eigenvalue weighted by Gasteiger charge is 2.39. The van der Waals surface area contributed by atoms with Gasteiger partial charge in [0.25, 0.3) is 11.8 Å². The molecule has 2 aliphatic rings. The van der Waals surface area contributed by atoms with Gasteiger partial charge in [-0.1, -0.05) is 72.8 Å². The predicted molar refractivity (Wildman–Crippen MR) is 224 cm³/mol. The molecule has 6 aromatic rings. The molecular formula is C46H44F2N8O6. The summed E-state index contributed by atoms with van der Waals surface area (Å²) in [7, 11) is 2.41. The summed E-state index contributed by atoms with van der Waals surface area (Å²) >= 11 is 0. The van der Waals surface area contributed by atoms with Gasteiger partial charge in [-0.2, -0.15) is 0 Å². The van der Waals surface area contributed by atoms with E-state index in [0.29, 0.717) is 60.1 Å². The van der Waals surface area contributed by atoms with Crippen LogP contribution in [0.5, 0.6) is 0 Å². The van der Waals surface area contributed by atoms with Crippen LogP contribution in [0.2, 0.25) is 0 Å². The Bertz CT molecular complexity index is 2400. The molecule has 4 N–H and O–H groups in total. The molecular weight excluding hydrogens is 799 g/mol. The van der Waals surface area contributed by atoms with Crippen molar-refractivity contribution in [2.45, 2.75) is 49.9 Å². The number of ether oxygens (including phenoxy) is 2. The highest BCUT2D eigenvalue weighted by molar-refractivity contribution is 5.88. The summed E-state index contributed by atoms with van der Waals surface area (Å²) in [6.45, 7) is 0.890. The number of amides is 4. The fourth-order valence-corrected chi connectivity index (χ4v) is 8.24. The van der Waals surface area contributed by atoms with Gasteiger partial charge in [-0.15, -0.1) is 0 Å². The Kier molecular flexibility index (Phi) is 12.1. The molecule has 0 aliphatic carbocycles. The molecule has 16 heteroatoms. The number of halogens is 2. The number of hydrogen-bond donors (Lipinski definition) is 4. The van der Waals surface area contributed by atoms with Crippen LogP contribution in [0.1, 0.15) is 72.6 Å². The second kappa shape index (κ2) is 18.1. The van der Waals surface area contributed by atoms with E-state index in [0.717, 1.165) is 35.1 Å². The van der Waals surface area contributed by atoms with Crippen LogP contribution in [-0.4, -0.2) is 81.0 Å². The third-order valence-electron chi connectivity index (χ3n) is 11.3. The third kappa shape index (κ3) is 8.75. The molecule has 4 aromatic carbocycles. The first kappa shape index (κ1) is 41.4. The Morgan fingerprint density at radius 1 is 0.613 bits per heavy atom. The molecule has 4 amide bonds. The number of nitrogens with one attached hydrogen (secondary N) is 4. The van der Waals surface area contributed by atoms with Crippen LogP contribution >= 0.6 is 0 Å². The summed E-state index contributed by atoms with van der Waals surface area (Å²) in [5.74, 6) is -0.605. The number of benzene rings is 4. The zero-order valence-electron chi connectivity index (χ0n) is 33.9.